The lowest BCUT2D eigenvalue weighted by atomic mass is 10.1. The van der Waals surface area contributed by atoms with Gasteiger partial charge in [-0.2, -0.15) is 15.0 Å². The van der Waals surface area contributed by atoms with Crippen LogP contribution < -0.4 is 0 Å². The molecule has 0 saturated heterocycles. The van der Waals surface area contributed by atoms with Gasteiger partial charge in [0.1, 0.15) is 17.0 Å². The second-order valence-electron chi connectivity index (χ2n) is 2.99. The van der Waals surface area contributed by atoms with Gasteiger partial charge < -0.3 is 9.63 Å². The first kappa shape index (κ1) is 9.38. The average Bonchev–Trinajstić information content (AvgIpc) is 2.71. The molecule has 0 aliphatic heterocycles. The standard InChI is InChI=1S/C8H8N4O3/c1-4-6(8(13)14)7(11-15-4)5-3-9-12(2)10-5/h3H,1-2H3,(H,13,14). The number of carboxylic acid groups (broad SMARTS) is 1. The molecule has 2 rings (SSSR count). The molecule has 15 heavy (non-hydrogen) atoms. The Morgan fingerprint density at radius 1 is 1.60 bits per heavy atom. The summed E-state index contributed by atoms with van der Waals surface area (Å²) in [5, 5.41) is 20.4. The molecule has 0 aliphatic rings. The number of hydrogen-bond donors (Lipinski definition) is 1. The first-order valence-electron chi connectivity index (χ1n) is 4.16. The zero-order valence-electron chi connectivity index (χ0n) is 8.13. The average molecular weight is 208 g/mol. The monoisotopic (exact) mass is 208 g/mol. The Bertz CT molecular complexity index is 514. The van der Waals surface area contributed by atoms with Gasteiger partial charge in [0.15, 0.2) is 5.69 Å². The summed E-state index contributed by atoms with van der Waals surface area (Å²) in [6, 6.07) is 0. The molecule has 7 heteroatoms. The van der Waals surface area contributed by atoms with Crippen molar-refractivity contribution in [1.82, 2.24) is 20.2 Å². The van der Waals surface area contributed by atoms with Gasteiger partial charge >= 0.3 is 5.97 Å². The molecule has 2 aromatic heterocycles. The molecule has 78 valence electrons. The van der Waals surface area contributed by atoms with Crippen LogP contribution in [0.2, 0.25) is 0 Å². The van der Waals surface area contributed by atoms with E-state index in [-0.39, 0.29) is 17.0 Å². The third-order valence-electron chi connectivity index (χ3n) is 1.92. The van der Waals surface area contributed by atoms with Gasteiger partial charge in [0.25, 0.3) is 0 Å². The van der Waals surface area contributed by atoms with Crippen LogP contribution in [0, 0.1) is 6.92 Å². The van der Waals surface area contributed by atoms with Crippen LogP contribution in [0.4, 0.5) is 0 Å². The van der Waals surface area contributed by atoms with Crippen molar-refractivity contribution in [2.24, 2.45) is 7.05 Å². The number of aromatic nitrogens is 4. The van der Waals surface area contributed by atoms with Crippen LogP contribution in [0.25, 0.3) is 11.4 Å². The van der Waals surface area contributed by atoms with Crippen molar-refractivity contribution < 1.29 is 14.4 Å². The minimum absolute atomic E-state index is 0.0236. The van der Waals surface area contributed by atoms with Crippen molar-refractivity contribution in [2.75, 3.05) is 0 Å². The van der Waals surface area contributed by atoms with Crippen molar-refractivity contribution in [1.29, 1.82) is 0 Å². The molecular weight excluding hydrogens is 200 g/mol. The maximum absolute atomic E-state index is 10.9. The zero-order valence-corrected chi connectivity index (χ0v) is 8.13. The predicted molar refractivity (Wildman–Crippen MR) is 48.2 cm³/mol. The molecule has 0 aliphatic carbocycles. The summed E-state index contributed by atoms with van der Waals surface area (Å²) in [6.45, 7) is 1.54. The van der Waals surface area contributed by atoms with Crippen LogP contribution in [0.5, 0.6) is 0 Å². The highest BCUT2D eigenvalue weighted by atomic mass is 16.5. The molecule has 0 atom stereocenters. The molecule has 7 nitrogen and oxygen atoms in total. The van der Waals surface area contributed by atoms with E-state index in [9.17, 15) is 4.79 Å². The highest BCUT2D eigenvalue weighted by Crippen LogP contribution is 2.22. The molecule has 1 N–H and O–H groups in total. The van der Waals surface area contributed by atoms with Gasteiger partial charge in [0, 0.05) is 7.05 Å². The molecule has 0 saturated carbocycles. The van der Waals surface area contributed by atoms with E-state index in [1.54, 1.807) is 7.05 Å². The number of rotatable bonds is 2. The van der Waals surface area contributed by atoms with Gasteiger partial charge in [0.05, 0.1) is 6.20 Å². The van der Waals surface area contributed by atoms with E-state index in [4.69, 9.17) is 9.63 Å². The molecule has 0 radical (unpaired) electrons. The maximum Gasteiger partial charge on any atom is 0.341 e. The summed E-state index contributed by atoms with van der Waals surface area (Å²) in [5.41, 5.74) is 0.607. The van der Waals surface area contributed by atoms with Crippen molar-refractivity contribution in [2.45, 2.75) is 6.92 Å². The van der Waals surface area contributed by atoms with Gasteiger partial charge in [-0.05, 0) is 6.92 Å². The molecule has 0 bridgehead atoms. The lowest BCUT2D eigenvalue weighted by Gasteiger charge is -1.91. The van der Waals surface area contributed by atoms with E-state index in [2.05, 4.69) is 15.4 Å². The molecule has 0 amide bonds. The summed E-state index contributed by atoms with van der Waals surface area (Å²) >= 11 is 0. The van der Waals surface area contributed by atoms with E-state index < -0.39 is 5.97 Å². The normalized spacial score (nSPS) is 10.5. The van der Waals surface area contributed by atoms with Crippen molar-refractivity contribution in [3.8, 4) is 11.4 Å². The van der Waals surface area contributed by atoms with Crippen LogP contribution in [-0.2, 0) is 7.05 Å². The van der Waals surface area contributed by atoms with Gasteiger partial charge in [-0.1, -0.05) is 5.16 Å². The lowest BCUT2D eigenvalue weighted by Crippen LogP contribution is -2.00. The highest BCUT2D eigenvalue weighted by molar-refractivity contribution is 5.95. The number of carbonyl (C=O) groups is 1. The maximum atomic E-state index is 10.9. The fourth-order valence-electron chi connectivity index (χ4n) is 1.25. The van der Waals surface area contributed by atoms with E-state index in [1.807, 2.05) is 0 Å². The van der Waals surface area contributed by atoms with Crippen LogP contribution in [0.15, 0.2) is 10.7 Å². The van der Waals surface area contributed by atoms with Gasteiger partial charge in [-0.15, -0.1) is 0 Å². The summed E-state index contributed by atoms with van der Waals surface area (Å²) in [5.74, 6) is -0.836. The zero-order chi connectivity index (χ0) is 11.0. The largest absolute Gasteiger partial charge is 0.477 e. The van der Waals surface area contributed by atoms with E-state index in [0.717, 1.165) is 0 Å². The lowest BCUT2D eigenvalue weighted by molar-refractivity contribution is 0.0695. The molecule has 0 unspecified atom stereocenters. The summed E-state index contributed by atoms with van der Waals surface area (Å²) in [6.07, 6.45) is 1.43. The molecule has 0 fully saturated rings. The first-order chi connectivity index (χ1) is 7.09. The number of aromatic carboxylic acids is 1. The Morgan fingerprint density at radius 2 is 2.33 bits per heavy atom. The first-order valence-corrected chi connectivity index (χ1v) is 4.16. The second-order valence-corrected chi connectivity index (χ2v) is 2.99. The van der Waals surface area contributed by atoms with Crippen molar-refractivity contribution in [3.63, 3.8) is 0 Å². The minimum Gasteiger partial charge on any atom is -0.477 e. The quantitative estimate of drug-likeness (QED) is 0.771. The third kappa shape index (κ3) is 1.47. The van der Waals surface area contributed by atoms with Gasteiger partial charge in [-0.3, -0.25) is 0 Å². The fourth-order valence-corrected chi connectivity index (χ4v) is 1.25. The topological polar surface area (TPSA) is 94.0 Å². The molecule has 2 heterocycles. The SMILES string of the molecule is Cc1onc(-c2cnn(C)n2)c1C(=O)O. The number of nitrogens with zero attached hydrogens (tertiary/aromatic N) is 4. The van der Waals surface area contributed by atoms with E-state index >= 15 is 0 Å². The minimum atomic E-state index is -1.09. The number of carboxylic acids is 1. The van der Waals surface area contributed by atoms with Crippen molar-refractivity contribution in [3.05, 3.63) is 17.5 Å². The van der Waals surface area contributed by atoms with Crippen LogP contribution >= 0.6 is 0 Å². The summed E-state index contributed by atoms with van der Waals surface area (Å²) in [7, 11) is 1.64. The van der Waals surface area contributed by atoms with Crippen LogP contribution in [-0.4, -0.2) is 31.2 Å². The Balaban J connectivity index is 2.58. The van der Waals surface area contributed by atoms with Gasteiger partial charge in [-0.25, -0.2) is 4.79 Å². The second kappa shape index (κ2) is 3.19. The Labute approximate surface area is 84.3 Å². The Hall–Kier alpha value is -2.18. The Kier molecular flexibility index (Phi) is 2.00. The van der Waals surface area contributed by atoms with E-state index in [0.29, 0.717) is 5.69 Å². The molecule has 2 aromatic rings. The fraction of sp³-hybridized carbons (Fsp3) is 0.250. The van der Waals surface area contributed by atoms with Crippen LogP contribution in [0.1, 0.15) is 16.1 Å². The predicted octanol–water partition coefficient (Wildman–Crippen LogP) is 0.477. The smallest absolute Gasteiger partial charge is 0.341 e. The summed E-state index contributed by atoms with van der Waals surface area (Å²) in [4.78, 5) is 12.3. The Morgan fingerprint density at radius 3 is 2.87 bits per heavy atom. The highest BCUT2D eigenvalue weighted by Gasteiger charge is 2.22. The third-order valence-corrected chi connectivity index (χ3v) is 1.92. The van der Waals surface area contributed by atoms with Crippen LogP contribution in [0.3, 0.4) is 0 Å². The van der Waals surface area contributed by atoms with E-state index in [1.165, 1.54) is 17.9 Å². The molecule has 0 spiro atoms. The summed E-state index contributed by atoms with van der Waals surface area (Å²) < 4.78 is 4.81. The molecule has 0 aromatic carbocycles. The van der Waals surface area contributed by atoms with Crippen molar-refractivity contribution >= 4 is 5.97 Å². The van der Waals surface area contributed by atoms with Gasteiger partial charge in [0.2, 0.25) is 0 Å². The number of aryl methyl sites for hydroxylation is 2. The number of hydrogen-bond acceptors (Lipinski definition) is 5. The molecular formula is C8H8N4O3.